The standard InChI is InChI=1S/C14H9FN2O2/c15-11-6-5-10(8-3-1-2-4-9(8)11)13-16-7-12(17-13)14(18)19/h1-7H,(H,16,17)(H,18,19). The first kappa shape index (κ1) is 11.4. The predicted molar refractivity (Wildman–Crippen MR) is 68.4 cm³/mol. The highest BCUT2D eigenvalue weighted by atomic mass is 19.1. The van der Waals surface area contributed by atoms with Gasteiger partial charge in [0.1, 0.15) is 17.3 Å². The van der Waals surface area contributed by atoms with E-state index < -0.39 is 5.97 Å². The van der Waals surface area contributed by atoms with Gasteiger partial charge in [0.05, 0.1) is 6.20 Å². The van der Waals surface area contributed by atoms with E-state index in [2.05, 4.69) is 9.97 Å². The van der Waals surface area contributed by atoms with E-state index in [0.717, 1.165) is 0 Å². The Labute approximate surface area is 107 Å². The third kappa shape index (κ3) is 1.85. The van der Waals surface area contributed by atoms with Crippen LogP contribution in [-0.2, 0) is 0 Å². The molecule has 0 amide bonds. The zero-order valence-corrected chi connectivity index (χ0v) is 9.72. The number of aromatic nitrogens is 2. The first-order valence-corrected chi connectivity index (χ1v) is 5.63. The van der Waals surface area contributed by atoms with Crippen molar-refractivity contribution in [2.45, 2.75) is 0 Å². The number of fused-ring (bicyclic) bond motifs is 1. The van der Waals surface area contributed by atoms with Crippen molar-refractivity contribution in [1.29, 1.82) is 0 Å². The molecule has 94 valence electrons. The number of nitrogens with one attached hydrogen (secondary N) is 1. The molecular weight excluding hydrogens is 247 g/mol. The molecule has 2 aromatic carbocycles. The Morgan fingerprint density at radius 3 is 2.58 bits per heavy atom. The van der Waals surface area contributed by atoms with Crippen LogP contribution in [0.1, 0.15) is 10.5 Å². The summed E-state index contributed by atoms with van der Waals surface area (Å²) in [6.07, 6.45) is 1.25. The molecule has 0 saturated carbocycles. The van der Waals surface area contributed by atoms with Gasteiger partial charge in [-0.1, -0.05) is 24.3 Å². The number of carboxylic acid groups (broad SMARTS) is 1. The second kappa shape index (κ2) is 4.20. The van der Waals surface area contributed by atoms with Crippen LogP contribution in [0.25, 0.3) is 22.2 Å². The van der Waals surface area contributed by atoms with Crippen molar-refractivity contribution in [3.63, 3.8) is 0 Å². The van der Waals surface area contributed by atoms with Crippen LogP contribution in [0.4, 0.5) is 4.39 Å². The molecular formula is C14H9FN2O2. The summed E-state index contributed by atoms with van der Waals surface area (Å²) in [5.41, 5.74) is 0.674. The third-order valence-electron chi connectivity index (χ3n) is 2.93. The van der Waals surface area contributed by atoms with E-state index in [1.807, 2.05) is 0 Å². The van der Waals surface area contributed by atoms with Gasteiger partial charge in [0.15, 0.2) is 0 Å². The maximum Gasteiger partial charge on any atom is 0.353 e. The van der Waals surface area contributed by atoms with Crippen LogP contribution in [0.3, 0.4) is 0 Å². The molecule has 0 fully saturated rings. The van der Waals surface area contributed by atoms with Gasteiger partial charge in [-0.05, 0) is 17.5 Å². The summed E-state index contributed by atoms with van der Waals surface area (Å²) < 4.78 is 13.7. The number of carboxylic acids is 1. The second-order valence-corrected chi connectivity index (χ2v) is 4.09. The predicted octanol–water partition coefficient (Wildman–Crippen LogP) is 3.07. The summed E-state index contributed by atoms with van der Waals surface area (Å²) in [7, 11) is 0. The van der Waals surface area contributed by atoms with Crippen LogP contribution < -0.4 is 0 Å². The molecule has 1 heterocycles. The van der Waals surface area contributed by atoms with Crippen LogP contribution >= 0.6 is 0 Å². The molecule has 2 N–H and O–H groups in total. The van der Waals surface area contributed by atoms with Crippen LogP contribution in [0.2, 0.25) is 0 Å². The molecule has 1 aromatic heterocycles. The fourth-order valence-corrected chi connectivity index (χ4v) is 2.04. The number of imidazole rings is 1. The van der Waals surface area contributed by atoms with Gasteiger partial charge in [-0.3, -0.25) is 0 Å². The number of aromatic amines is 1. The molecule has 0 spiro atoms. The van der Waals surface area contributed by atoms with Crippen molar-refractivity contribution in [3.05, 3.63) is 54.1 Å². The monoisotopic (exact) mass is 256 g/mol. The smallest absolute Gasteiger partial charge is 0.353 e. The minimum atomic E-state index is -1.08. The topological polar surface area (TPSA) is 66.0 Å². The number of benzene rings is 2. The summed E-state index contributed by atoms with van der Waals surface area (Å²) in [6.45, 7) is 0. The van der Waals surface area contributed by atoms with E-state index in [-0.39, 0.29) is 11.5 Å². The van der Waals surface area contributed by atoms with Crippen molar-refractivity contribution < 1.29 is 14.3 Å². The molecule has 0 bridgehead atoms. The molecule has 0 atom stereocenters. The van der Waals surface area contributed by atoms with Gasteiger partial charge >= 0.3 is 5.97 Å². The van der Waals surface area contributed by atoms with Gasteiger partial charge in [0.2, 0.25) is 0 Å². The summed E-state index contributed by atoms with van der Waals surface area (Å²) in [5, 5.41) is 10.0. The Morgan fingerprint density at radius 2 is 1.89 bits per heavy atom. The number of carbonyl (C=O) groups is 1. The van der Waals surface area contributed by atoms with E-state index in [4.69, 9.17) is 5.11 Å². The summed E-state index contributed by atoms with van der Waals surface area (Å²) >= 11 is 0. The van der Waals surface area contributed by atoms with Crippen LogP contribution in [0.15, 0.2) is 42.6 Å². The number of rotatable bonds is 2. The molecule has 0 saturated heterocycles. The van der Waals surface area contributed by atoms with Gasteiger partial charge in [0, 0.05) is 10.9 Å². The minimum Gasteiger partial charge on any atom is -0.477 e. The van der Waals surface area contributed by atoms with E-state index in [9.17, 15) is 9.18 Å². The molecule has 5 heteroatoms. The number of nitrogens with zero attached hydrogens (tertiary/aromatic N) is 1. The van der Waals surface area contributed by atoms with Crippen LogP contribution in [0.5, 0.6) is 0 Å². The molecule has 0 aliphatic rings. The summed E-state index contributed by atoms with van der Waals surface area (Å²) in [5.74, 6) is -0.983. The SMILES string of the molecule is O=C(O)c1cnc(-c2ccc(F)c3ccccc23)[nH]1. The summed E-state index contributed by atoms with van der Waals surface area (Å²) in [4.78, 5) is 17.6. The van der Waals surface area contributed by atoms with E-state index in [1.165, 1.54) is 12.3 Å². The highest BCUT2D eigenvalue weighted by Gasteiger charge is 2.12. The Bertz CT molecular complexity index is 780. The average molecular weight is 256 g/mol. The van der Waals surface area contributed by atoms with Crippen LogP contribution in [0, 0.1) is 5.82 Å². The second-order valence-electron chi connectivity index (χ2n) is 4.09. The normalized spacial score (nSPS) is 10.8. The van der Waals surface area contributed by atoms with Crippen molar-refractivity contribution >= 4 is 16.7 Å². The highest BCUT2D eigenvalue weighted by Crippen LogP contribution is 2.28. The number of aromatic carboxylic acids is 1. The Morgan fingerprint density at radius 1 is 1.16 bits per heavy atom. The molecule has 0 aliphatic carbocycles. The maximum atomic E-state index is 13.7. The zero-order valence-electron chi connectivity index (χ0n) is 9.72. The van der Waals surface area contributed by atoms with E-state index >= 15 is 0 Å². The van der Waals surface area contributed by atoms with Gasteiger partial charge in [-0.25, -0.2) is 14.2 Å². The van der Waals surface area contributed by atoms with Crippen molar-refractivity contribution in [3.8, 4) is 11.4 Å². The van der Waals surface area contributed by atoms with Gasteiger partial charge in [-0.2, -0.15) is 0 Å². The van der Waals surface area contributed by atoms with E-state index in [0.29, 0.717) is 22.2 Å². The fraction of sp³-hybridized carbons (Fsp3) is 0. The van der Waals surface area contributed by atoms with Gasteiger partial charge in [0.25, 0.3) is 0 Å². The van der Waals surface area contributed by atoms with Crippen LogP contribution in [-0.4, -0.2) is 21.0 Å². The lowest BCUT2D eigenvalue weighted by Crippen LogP contribution is -1.95. The van der Waals surface area contributed by atoms with E-state index in [1.54, 1.807) is 30.3 Å². The molecule has 4 nitrogen and oxygen atoms in total. The fourth-order valence-electron chi connectivity index (χ4n) is 2.04. The number of hydrogen-bond donors (Lipinski definition) is 2. The Kier molecular flexibility index (Phi) is 2.52. The first-order valence-electron chi connectivity index (χ1n) is 5.63. The molecule has 0 aliphatic heterocycles. The number of hydrogen-bond acceptors (Lipinski definition) is 2. The molecule has 3 aromatic rings. The Balaban J connectivity index is 2.24. The highest BCUT2D eigenvalue weighted by molar-refractivity contribution is 5.96. The maximum absolute atomic E-state index is 13.7. The summed E-state index contributed by atoms with van der Waals surface area (Å²) in [6, 6.07) is 9.93. The molecule has 0 radical (unpaired) electrons. The third-order valence-corrected chi connectivity index (χ3v) is 2.93. The first-order chi connectivity index (χ1) is 9.16. The lowest BCUT2D eigenvalue weighted by molar-refractivity contribution is 0.0691. The number of H-pyrrole nitrogens is 1. The largest absolute Gasteiger partial charge is 0.477 e. The van der Waals surface area contributed by atoms with Gasteiger partial charge in [-0.15, -0.1) is 0 Å². The average Bonchev–Trinajstić information content (AvgIpc) is 2.89. The lowest BCUT2D eigenvalue weighted by Gasteiger charge is -2.04. The minimum absolute atomic E-state index is 0.00315. The lowest BCUT2D eigenvalue weighted by atomic mass is 10.0. The molecule has 0 unspecified atom stereocenters. The van der Waals surface area contributed by atoms with Gasteiger partial charge < -0.3 is 10.1 Å². The zero-order chi connectivity index (χ0) is 13.4. The quantitative estimate of drug-likeness (QED) is 0.740. The van der Waals surface area contributed by atoms with Crippen molar-refractivity contribution in [2.75, 3.05) is 0 Å². The van der Waals surface area contributed by atoms with Crippen molar-refractivity contribution in [2.24, 2.45) is 0 Å². The Hall–Kier alpha value is -2.69. The molecule has 3 rings (SSSR count). The van der Waals surface area contributed by atoms with Crippen molar-refractivity contribution in [1.82, 2.24) is 9.97 Å². The molecule has 19 heavy (non-hydrogen) atoms. The number of halogens is 1.